The first-order valence-corrected chi connectivity index (χ1v) is 7.66. The summed E-state index contributed by atoms with van der Waals surface area (Å²) in [6.07, 6.45) is 6.37. The van der Waals surface area contributed by atoms with Crippen molar-refractivity contribution in [1.29, 1.82) is 0 Å². The van der Waals surface area contributed by atoms with Gasteiger partial charge in [0, 0.05) is 12.6 Å². The molecule has 1 saturated carbocycles. The van der Waals surface area contributed by atoms with E-state index in [2.05, 4.69) is 17.2 Å². The van der Waals surface area contributed by atoms with Crippen LogP contribution in [0, 0.1) is 5.92 Å². The molecule has 0 bridgehead atoms. The molecular formula is C15H23ClN2O. The topological polar surface area (TPSA) is 34.2 Å². The van der Waals surface area contributed by atoms with Gasteiger partial charge in [0.25, 0.3) is 0 Å². The number of nitrogens with zero attached hydrogens (tertiary/aromatic N) is 1. The van der Waals surface area contributed by atoms with Crippen LogP contribution in [-0.4, -0.2) is 18.1 Å². The molecule has 2 rings (SSSR count). The van der Waals surface area contributed by atoms with E-state index in [9.17, 15) is 0 Å². The molecule has 1 N–H and O–H groups in total. The van der Waals surface area contributed by atoms with E-state index < -0.39 is 0 Å². The SMILES string of the molecule is CCCNCc1nc(OCC2CCCC2)ccc1Cl. The van der Waals surface area contributed by atoms with E-state index in [1.54, 1.807) is 0 Å². The van der Waals surface area contributed by atoms with Crippen molar-refractivity contribution in [3.63, 3.8) is 0 Å². The van der Waals surface area contributed by atoms with Gasteiger partial charge in [0.2, 0.25) is 5.88 Å². The minimum Gasteiger partial charge on any atom is -0.477 e. The van der Waals surface area contributed by atoms with E-state index in [1.807, 2.05) is 12.1 Å². The fourth-order valence-electron chi connectivity index (χ4n) is 2.43. The lowest BCUT2D eigenvalue weighted by molar-refractivity contribution is 0.243. The predicted molar refractivity (Wildman–Crippen MR) is 78.7 cm³/mol. The lowest BCUT2D eigenvalue weighted by Gasteiger charge is -2.12. The molecule has 0 atom stereocenters. The van der Waals surface area contributed by atoms with E-state index >= 15 is 0 Å². The maximum absolute atomic E-state index is 6.14. The quantitative estimate of drug-likeness (QED) is 0.773. The zero-order chi connectivity index (χ0) is 13.5. The van der Waals surface area contributed by atoms with Gasteiger partial charge in [-0.15, -0.1) is 0 Å². The minimum atomic E-state index is 0.699. The van der Waals surface area contributed by atoms with Crippen molar-refractivity contribution in [1.82, 2.24) is 10.3 Å². The third-order valence-corrected chi connectivity index (χ3v) is 3.90. The van der Waals surface area contributed by atoms with Crippen molar-refractivity contribution >= 4 is 11.6 Å². The van der Waals surface area contributed by atoms with Crippen molar-refractivity contribution in [3.05, 3.63) is 22.8 Å². The summed E-state index contributed by atoms with van der Waals surface area (Å²) < 4.78 is 5.79. The van der Waals surface area contributed by atoms with E-state index in [1.165, 1.54) is 25.7 Å². The largest absolute Gasteiger partial charge is 0.477 e. The number of ether oxygens (including phenoxy) is 1. The van der Waals surface area contributed by atoms with Crippen molar-refractivity contribution in [2.24, 2.45) is 5.92 Å². The number of nitrogens with one attached hydrogen (secondary N) is 1. The van der Waals surface area contributed by atoms with Crippen LogP contribution in [0.5, 0.6) is 5.88 Å². The molecule has 106 valence electrons. The maximum atomic E-state index is 6.14. The summed E-state index contributed by atoms with van der Waals surface area (Å²) in [4.78, 5) is 4.49. The lowest BCUT2D eigenvalue weighted by atomic mass is 10.1. The molecule has 0 aromatic carbocycles. The van der Waals surface area contributed by atoms with Gasteiger partial charge in [-0.25, -0.2) is 4.98 Å². The third-order valence-electron chi connectivity index (χ3n) is 3.55. The van der Waals surface area contributed by atoms with Gasteiger partial charge < -0.3 is 10.1 Å². The standard InChI is InChI=1S/C15H23ClN2O/c1-2-9-17-10-14-13(16)7-8-15(18-14)19-11-12-5-3-4-6-12/h7-8,12,17H,2-6,9-11H2,1H3. The molecular weight excluding hydrogens is 260 g/mol. The first-order valence-electron chi connectivity index (χ1n) is 7.28. The number of rotatable bonds is 7. The Morgan fingerprint density at radius 2 is 2.16 bits per heavy atom. The van der Waals surface area contributed by atoms with Gasteiger partial charge in [0.1, 0.15) is 0 Å². The molecule has 0 aliphatic heterocycles. The molecule has 0 saturated heterocycles. The lowest BCUT2D eigenvalue weighted by Crippen LogP contribution is -2.16. The molecule has 0 spiro atoms. The van der Waals surface area contributed by atoms with Gasteiger partial charge in [-0.1, -0.05) is 31.4 Å². The van der Waals surface area contributed by atoms with Gasteiger partial charge in [-0.05, 0) is 37.8 Å². The van der Waals surface area contributed by atoms with Crippen molar-refractivity contribution in [3.8, 4) is 5.88 Å². The van der Waals surface area contributed by atoms with Crippen LogP contribution < -0.4 is 10.1 Å². The molecule has 1 heterocycles. The minimum absolute atomic E-state index is 0.699. The van der Waals surface area contributed by atoms with Crippen LogP contribution in [0.1, 0.15) is 44.7 Å². The average molecular weight is 283 g/mol. The fourth-order valence-corrected chi connectivity index (χ4v) is 2.60. The molecule has 1 aliphatic rings. The highest BCUT2D eigenvalue weighted by Crippen LogP contribution is 2.25. The molecule has 0 radical (unpaired) electrons. The number of hydrogen-bond acceptors (Lipinski definition) is 3. The normalized spacial score (nSPS) is 15.9. The Balaban J connectivity index is 1.87. The summed E-state index contributed by atoms with van der Waals surface area (Å²) in [5.41, 5.74) is 0.874. The zero-order valence-electron chi connectivity index (χ0n) is 11.6. The molecule has 1 fully saturated rings. The Labute approximate surface area is 120 Å². The Morgan fingerprint density at radius 3 is 2.89 bits per heavy atom. The smallest absolute Gasteiger partial charge is 0.213 e. The maximum Gasteiger partial charge on any atom is 0.213 e. The highest BCUT2D eigenvalue weighted by atomic mass is 35.5. The van der Waals surface area contributed by atoms with Crippen LogP contribution in [0.25, 0.3) is 0 Å². The van der Waals surface area contributed by atoms with Gasteiger partial charge in [-0.3, -0.25) is 0 Å². The third kappa shape index (κ3) is 4.66. The van der Waals surface area contributed by atoms with Crippen molar-refractivity contribution in [2.75, 3.05) is 13.2 Å². The highest BCUT2D eigenvalue weighted by Gasteiger charge is 2.16. The van der Waals surface area contributed by atoms with Gasteiger partial charge in [-0.2, -0.15) is 0 Å². The zero-order valence-corrected chi connectivity index (χ0v) is 12.4. The molecule has 3 nitrogen and oxygen atoms in total. The Morgan fingerprint density at radius 1 is 1.37 bits per heavy atom. The summed E-state index contributed by atoms with van der Waals surface area (Å²) >= 11 is 6.14. The van der Waals surface area contributed by atoms with Gasteiger partial charge in [0.15, 0.2) is 0 Å². The van der Waals surface area contributed by atoms with Crippen molar-refractivity contribution in [2.45, 2.75) is 45.6 Å². The monoisotopic (exact) mass is 282 g/mol. The van der Waals surface area contributed by atoms with E-state index in [0.29, 0.717) is 23.4 Å². The van der Waals surface area contributed by atoms with Crippen LogP contribution >= 0.6 is 11.6 Å². The average Bonchev–Trinajstić information content (AvgIpc) is 2.93. The van der Waals surface area contributed by atoms with Crippen LogP contribution in [0.2, 0.25) is 5.02 Å². The summed E-state index contributed by atoms with van der Waals surface area (Å²) in [6.45, 7) is 4.61. The number of hydrogen-bond donors (Lipinski definition) is 1. The molecule has 1 aromatic heterocycles. The number of pyridine rings is 1. The van der Waals surface area contributed by atoms with Crippen LogP contribution in [0.15, 0.2) is 12.1 Å². The Hall–Kier alpha value is -0.800. The highest BCUT2D eigenvalue weighted by molar-refractivity contribution is 6.31. The first kappa shape index (κ1) is 14.6. The number of halogens is 1. The summed E-state index contributed by atoms with van der Waals surface area (Å²) in [7, 11) is 0. The summed E-state index contributed by atoms with van der Waals surface area (Å²) in [6, 6.07) is 3.74. The van der Waals surface area contributed by atoms with Crippen LogP contribution in [0.3, 0.4) is 0 Å². The Kier molecular flexibility index (Phi) is 5.93. The predicted octanol–water partition coefficient (Wildman–Crippen LogP) is 3.80. The second-order valence-electron chi connectivity index (χ2n) is 5.22. The second kappa shape index (κ2) is 7.71. The van der Waals surface area contributed by atoms with Crippen LogP contribution in [-0.2, 0) is 6.54 Å². The van der Waals surface area contributed by atoms with Crippen molar-refractivity contribution < 1.29 is 4.74 Å². The Bertz CT molecular complexity index is 392. The molecule has 1 aliphatic carbocycles. The molecule has 0 unspecified atom stereocenters. The van der Waals surface area contributed by atoms with Crippen LogP contribution in [0.4, 0.5) is 0 Å². The van der Waals surface area contributed by atoms with E-state index in [4.69, 9.17) is 16.3 Å². The van der Waals surface area contributed by atoms with E-state index in [0.717, 1.165) is 25.3 Å². The summed E-state index contributed by atoms with van der Waals surface area (Å²) in [5, 5.41) is 4.02. The first-order chi connectivity index (χ1) is 9.29. The van der Waals surface area contributed by atoms with Gasteiger partial charge >= 0.3 is 0 Å². The number of aromatic nitrogens is 1. The second-order valence-corrected chi connectivity index (χ2v) is 5.62. The van der Waals surface area contributed by atoms with E-state index in [-0.39, 0.29) is 0 Å². The molecule has 0 amide bonds. The molecule has 1 aromatic rings. The fraction of sp³-hybridized carbons (Fsp3) is 0.667. The molecule has 19 heavy (non-hydrogen) atoms. The summed E-state index contributed by atoms with van der Waals surface area (Å²) in [5.74, 6) is 1.41. The molecule has 4 heteroatoms. The van der Waals surface area contributed by atoms with Gasteiger partial charge in [0.05, 0.1) is 17.3 Å².